The zero-order valence-electron chi connectivity index (χ0n) is 23.2. The molecule has 0 radical (unpaired) electrons. The first kappa shape index (κ1) is 28.8. The van der Waals surface area contributed by atoms with Crippen molar-refractivity contribution in [2.24, 2.45) is 0 Å². The Bertz CT molecular complexity index is 1290. The molecule has 5 rings (SSSR count). The molecule has 3 aromatic rings. The Morgan fingerprint density at radius 2 is 1.56 bits per heavy atom. The predicted molar refractivity (Wildman–Crippen MR) is 154 cm³/mol. The van der Waals surface area contributed by atoms with Crippen molar-refractivity contribution in [3.63, 3.8) is 0 Å². The molecule has 2 aromatic carbocycles. The Labute approximate surface area is 238 Å². The van der Waals surface area contributed by atoms with Gasteiger partial charge in [0.05, 0.1) is 5.56 Å². The fraction of sp³-hybridized carbons (Fsp3) is 0.433. The molecule has 0 unspecified atom stereocenters. The molecular formula is C30H36F3N7O. The first-order valence-corrected chi connectivity index (χ1v) is 14.1. The molecule has 2 aliphatic rings. The lowest BCUT2D eigenvalue weighted by Gasteiger charge is -2.38. The maximum absolute atomic E-state index is 13.7. The number of carbonyl (C=O) groups is 1. The molecule has 3 heterocycles. The zero-order chi connectivity index (χ0) is 28.8. The Balaban J connectivity index is 1.22. The van der Waals surface area contributed by atoms with Crippen LogP contribution in [-0.4, -0.2) is 82.9 Å². The Kier molecular flexibility index (Phi) is 9.04. The number of carbonyl (C=O) groups excluding carboxylic acids is 1. The third kappa shape index (κ3) is 7.74. The van der Waals surface area contributed by atoms with Crippen molar-refractivity contribution >= 4 is 29.0 Å². The number of hydrogen-bond acceptors (Lipinski definition) is 7. The number of likely N-dealkylation sites (tertiary alicyclic amines) is 2. The summed E-state index contributed by atoms with van der Waals surface area (Å²) >= 11 is 0. The van der Waals surface area contributed by atoms with Crippen molar-refractivity contribution in [2.75, 3.05) is 56.9 Å². The van der Waals surface area contributed by atoms with E-state index >= 15 is 0 Å². The van der Waals surface area contributed by atoms with Gasteiger partial charge in [-0.25, -0.2) is 4.98 Å². The summed E-state index contributed by atoms with van der Waals surface area (Å²) in [4.78, 5) is 29.2. The second-order valence-corrected chi connectivity index (χ2v) is 10.7. The maximum atomic E-state index is 13.7. The predicted octanol–water partition coefficient (Wildman–Crippen LogP) is 5.61. The van der Waals surface area contributed by atoms with Gasteiger partial charge in [-0.05, 0) is 114 Å². The molecule has 11 heteroatoms. The number of aromatic nitrogens is 2. The summed E-state index contributed by atoms with van der Waals surface area (Å²) in [6.45, 7) is 5.85. The van der Waals surface area contributed by atoms with E-state index in [-0.39, 0.29) is 11.9 Å². The second-order valence-electron chi connectivity index (χ2n) is 10.7. The van der Waals surface area contributed by atoms with E-state index in [0.29, 0.717) is 23.0 Å². The van der Waals surface area contributed by atoms with Crippen molar-refractivity contribution in [3.05, 3.63) is 71.9 Å². The minimum Gasteiger partial charge on any atom is -0.340 e. The third-order valence-electron chi connectivity index (χ3n) is 7.77. The topological polar surface area (TPSA) is 76.6 Å². The van der Waals surface area contributed by atoms with Crippen LogP contribution in [0.15, 0.2) is 60.8 Å². The average Bonchev–Trinajstić information content (AvgIpc) is 3.48. The number of anilines is 4. The highest BCUT2D eigenvalue weighted by molar-refractivity contribution is 5.95. The molecule has 1 amide bonds. The summed E-state index contributed by atoms with van der Waals surface area (Å²) in [6, 6.07) is 13.9. The number of rotatable bonds is 9. The van der Waals surface area contributed by atoms with Gasteiger partial charge in [-0.15, -0.1) is 0 Å². The summed E-state index contributed by atoms with van der Waals surface area (Å²) in [5.41, 5.74) is 1.13. The first-order valence-electron chi connectivity index (χ1n) is 14.1. The standard InChI is InChI=1S/C30H36F3N7O/c1-38-18-13-26(14-19-38)40(21-20-39-16-2-3-17-39)28(41)22-4-8-25(9-5-22)36-29-34-15-12-27(37-29)35-24-10-6-23(7-11-24)30(31,32)33/h4-12,15,26H,2-3,13-14,16-21H2,1H3,(H2,34,35,36,37). The number of hydrogen-bond donors (Lipinski definition) is 2. The van der Waals surface area contributed by atoms with E-state index in [1.165, 1.54) is 25.0 Å². The van der Waals surface area contributed by atoms with Crippen LogP contribution in [0.2, 0.25) is 0 Å². The fourth-order valence-electron chi connectivity index (χ4n) is 5.38. The van der Waals surface area contributed by atoms with Gasteiger partial charge in [0.1, 0.15) is 5.82 Å². The van der Waals surface area contributed by atoms with Crippen LogP contribution in [0.3, 0.4) is 0 Å². The molecule has 8 nitrogen and oxygen atoms in total. The Hall–Kier alpha value is -3.70. The summed E-state index contributed by atoms with van der Waals surface area (Å²) in [5.74, 6) is 0.810. The summed E-state index contributed by atoms with van der Waals surface area (Å²) in [7, 11) is 2.13. The SMILES string of the molecule is CN1CCC(N(CCN2CCCC2)C(=O)c2ccc(Nc3nccc(Nc4ccc(C(F)(F)F)cc4)n3)cc2)CC1. The molecule has 2 aliphatic heterocycles. The molecule has 2 saturated heterocycles. The number of piperidine rings is 1. The van der Waals surface area contributed by atoms with E-state index in [9.17, 15) is 18.0 Å². The quantitative estimate of drug-likeness (QED) is 0.348. The van der Waals surface area contributed by atoms with Crippen molar-refractivity contribution in [3.8, 4) is 0 Å². The number of amides is 1. The van der Waals surface area contributed by atoms with Gasteiger partial charge in [0.25, 0.3) is 5.91 Å². The van der Waals surface area contributed by atoms with Crippen LogP contribution < -0.4 is 10.6 Å². The molecule has 0 saturated carbocycles. The van der Waals surface area contributed by atoms with Gasteiger partial charge in [0.2, 0.25) is 5.95 Å². The number of nitrogens with one attached hydrogen (secondary N) is 2. The van der Waals surface area contributed by atoms with Crippen molar-refractivity contribution in [1.82, 2.24) is 24.7 Å². The van der Waals surface area contributed by atoms with Gasteiger partial charge in [-0.3, -0.25) is 4.79 Å². The average molecular weight is 568 g/mol. The van der Waals surface area contributed by atoms with E-state index in [2.05, 4.69) is 42.3 Å². The normalized spacial score (nSPS) is 17.0. The smallest absolute Gasteiger partial charge is 0.340 e. The van der Waals surface area contributed by atoms with Crippen molar-refractivity contribution in [2.45, 2.75) is 37.9 Å². The minimum atomic E-state index is -4.39. The highest BCUT2D eigenvalue weighted by atomic mass is 19.4. The lowest BCUT2D eigenvalue weighted by atomic mass is 10.0. The number of halogens is 3. The monoisotopic (exact) mass is 567 g/mol. The van der Waals surface area contributed by atoms with Crippen molar-refractivity contribution in [1.29, 1.82) is 0 Å². The van der Waals surface area contributed by atoms with E-state index in [0.717, 1.165) is 69.9 Å². The minimum absolute atomic E-state index is 0.0595. The van der Waals surface area contributed by atoms with Gasteiger partial charge < -0.3 is 25.3 Å². The van der Waals surface area contributed by atoms with Crippen LogP contribution in [0.1, 0.15) is 41.6 Å². The van der Waals surface area contributed by atoms with Gasteiger partial charge in [0.15, 0.2) is 0 Å². The van der Waals surface area contributed by atoms with Gasteiger partial charge in [-0.2, -0.15) is 18.2 Å². The molecule has 0 aliphatic carbocycles. The lowest BCUT2D eigenvalue weighted by molar-refractivity contribution is -0.137. The third-order valence-corrected chi connectivity index (χ3v) is 7.77. The van der Waals surface area contributed by atoms with Gasteiger partial charge >= 0.3 is 6.18 Å². The molecule has 0 bridgehead atoms. The van der Waals surface area contributed by atoms with Crippen LogP contribution in [0.4, 0.5) is 36.3 Å². The highest BCUT2D eigenvalue weighted by Gasteiger charge is 2.30. The highest BCUT2D eigenvalue weighted by Crippen LogP contribution is 2.30. The van der Waals surface area contributed by atoms with Crippen LogP contribution in [0, 0.1) is 0 Å². The number of nitrogens with zero attached hydrogens (tertiary/aromatic N) is 5. The van der Waals surface area contributed by atoms with E-state index < -0.39 is 11.7 Å². The van der Waals surface area contributed by atoms with E-state index in [1.54, 1.807) is 12.3 Å². The molecular weight excluding hydrogens is 531 g/mol. The molecule has 2 fully saturated rings. The Morgan fingerprint density at radius 1 is 0.927 bits per heavy atom. The first-order chi connectivity index (χ1) is 19.7. The van der Waals surface area contributed by atoms with Crippen LogP contribution in [-0.2, 0) is 6.18 Å². The van der Waals surface area contributed by atoms with Crippen LogP contribution >= 0.6 is 0 Å². The molecule has 218 valence electrons. The fourth-order valence-corrected chi connectivity index (χ4v) is 5.38. The lowest BCUT2D eigenvalue weighted by Crippen LogP contribution is -2.49. The van der Waals surface area contributed by atoms with Crippen LogP contribution in [0.25, 0.3) is 0 Å². The largest absolute Gasteiger partial charge is 0.416 e. The number of alkyl halides is 3. The van der Waals surface area contributed by atoms with Crippen molar-refractivity contribution < 1.29 is 18.0 Å². The van der Waals surface area contributed by atoms with E-state index in [1.807, 2.05) is 24.3 Å². The zero-order valence-corrected chi connectivity index (χ0v) is 23.2. The molecule has 2 N–H and O–H groups in total. The summed E-state index contributed by atoms with van der Waals surface area (Å²) in [5, 5.41) is 6.13. The Morgan fingerprint density at radius 3 is 2.22 bits per heavy atom. The van der Waals surface area contributed by atoms with Crippen LogP contribution in [0.5, 0.6) is 0 Å². The summed E-state index contributed by atoms with van der Waals surface area (Å²) < 4.78 is 38.5. The number of benzene rings is 2. The van der Waals surface area contributed by atoms with E-state index in [4.69, 9.17) is 0 Å². The maximum Gasteiger partial charge on any atom is 0.416 e. The second kappa shape index (κ2) is 12.9. The summed E-state index contributed by atoms with van der Waals surface area (Å²) in [6.07, 6.45) is 1.60. The molecule has 0 atom stereocenters. The van der Waals surface area contributed by atoms with Gasteiger partial charge in [-0.1, -0.05) is 0 Å². The molecule has 0 spiro atoms. The van der Waals surface area contributed by atoms with Gasteiger partial charge in [0, 0.05) is 42.3 Å². The molecule has 1 aromatic heterocycles. The molecule has 41 heavy (non-hydrogen) atoms.